The highest BCUT2D eigenvalue weighted by Gasteiger charge is 2.52. The molecule has 1 N–H and O–H groups in total. The zero-order valence-corrected chi connectivity index (χ0v) is 16.6. The number of hydrogen-bond donors (Lipinski definition) is 1. The number of amides is 2. The molecule has 1 aromatic rings. The molecule has 1 saturated carbocycles. The van der Waals surface area contributed by atoms with Crippen LogP contribution in [-0.2, 0) is 20.7 Å². The van der Waals surface area contributed by atoms with E-state index < -0.39 is 0 Å². The number of rotatable bonds is 7. The minimum Gasteiger partial charge on any atom is -0.376 e. The highest BCUT2D eigenvalue weighted by molar-refractivity contribution is 5.77. The van der Waals surface area contributed by atoms with E-state index in [2.05, 4.69) is 29.6 Å². The third-order valence-corrected chi connectivity index (χ3v) is 6.27. The minimum atomic E-state index is -0.228. The maximum Gasteiger partial charge on any atom is 0.222 e. The van der Waals surface area contributed by atoms with Crippen LogP contribution >= 0.6 is 0 Å². The molecule has 1 saturated heterocycles. The molecule has 3 rings (SSSR count). The molecule has 3 atom stereocenters. The van der Waals surface area contributed by atoms with Crippen LogP contribution in [0.25, 0.3) is 0 Å². The molecule has 5 nitrogen and oxygen atoms in total. The number of methoxy groups -OCH3 is 1. The molecule has 1 aromatic carbocycles. The summed E-state index contributed by atoms with van der Waals surface area (Å²) in [6.07, 6.45) is 7.06. The molecular weight excluding hydrogens is 340 g/mol. The van der Waals surface area contributed by atoms with Crippen molar-refractivity contribution >= 4 is 11.8 Å². The number of nitrogens with zero attached hydrogens (tertiary/aromatic N) is 1. The molecule has 1 aliphatic carbocycles. The zero-order chi connectivity index (χ0) is 19.3. The van der Waals surface area contributed by atoms with Crippen LogP contribution in [0.1, 0.15) is 57.4 Å². The molecule has 5 heteroatoms. The van der Waals surface area contributed by atoms with Crippen molar-refractivity contribution in [3.8, 4) is 0 Å². The minimum absolute atomic E-state index is 0.00158. The van der Waals surface area contributed by atoms with E-state index in [-0.39, 0.29) is 29.5 Å². The van der Waals surface area contributed by atoms with Crippen LogP contribution in [0.2, 0.25) is 0 Å². The first-order chi connectivity index (χ1) is 13.0. The molecule has 1 aliphatic heterocycles. The summed E-state index contributed by atoms with van der Waals surface area (Å²) < 4.78 is 5.91. The number of hydrogen-bond acceptors (Lipinski definition) is 3. The van der Waals surface area contributed by atoms with Gasteiger partial charge in [0.1, 0.15) is 0 Å². The molecule has 3 unspecified atom stereocenters. The van der Waals surface area contributed by atoms with Crippen molar-refractivity contribution in [2.75, 3.05) is 13.7 Å². The fourth-order valence-electron chi connectivity index (χ4n) is 4.81. The SMILES string of the molecule is COC12CCC(NC(C)=O)CC1N(C(=O)CCCCc1ccccc1)CC2. The highest BCUT2D eigenvalue weighted by atomic mass is 16.5. The van der Waals surface area contributed by atoms with Crippen molar-refractivity contribution in [1.29, 1.82) is 0 Å². The molecule has 0 spiro atoms. The van der Waals surface area contributed by atoms with E-state index in [9.17, 15) is 9.59 Å². The summed E-state index contributed by atoms with van der Waals surface area (Å²) in [7, 11) is 1.76. The summed E-state index contributed by atoms with van der Waals surface area (Å²) in [4.78, 5) is 26.3. The van der Waals surface area contributed by atoms with Crippen molar-refractivity contribution in [3.05, 3.63) is 35.9 Å². The van der Waals surface area contributed by atoms with Gasteiger partial charge in [0.05, 0.1) is 11.6 Å². The predicted octanol–water partition coefficient (Wildman–Crippen LogP) is 3.07. The van der Waals surface area contributed by atoms with E-state index in [0.29, 0.717) is 6.42 Å². The van der Waals surface area contributed by atoms with Gasteiger partial charge in [-0.15, -0.1) is 0 Å². The standard InChI is InChI=1S/C22H32N2O3/c1-17(25)23-19-12-13-22(27-2)14-15-24(20(22)16-19)21(26)11-7-6-10-18-8-4-3-5-9-18/h3-5,8-9,19-20H,6-7,10-16H2,1-2H3,(H,23,25). The molecule has 27 heavy (non-hydrogen) atoms. The topological polar surface area (TPSA) is 58.6 Å². The average Bonchev–Trinajstić information content (AvgIpc) is 3.05. The lowest BCUT2D eigenvalue weighted by atomic mass is 9.78. The van der Waals surface area contributed by atoms with Crippen molar-refractivity contribution in [2.24, 2.45) is 0 Å². The predicted molar refractivity (Wildman–Crippen MR) is 105 cm³/mol. The van der Waals surface area contributed by atoms with Gasteiger partial charge in [-0.25, -0.2) is 0 Å². The Hall–Kier alpha value is -1.88. The van der Waals surface area contributed by atoms with E-state index in [1.54, 1.807) is 14.0 Å². The molecule has 148 valence electrons. The third-order valence-electron chi connectivity index (χ3n) is 6.27. The molecule has 1 heterocycles. The van der Waals surface area contributed by atoms with Gasteiger partial charge >= 0.3 is 0 Å². The molecule has 0 bridgehead atoms. The summed E-state index contributed by atoms with van der Waals surface area (Å²) in [6, 6.07) is 10.6. The largest absolute Gasteiger partial charge is 0.376 e. The Morgan fingerprint density at radius 2 is 2.00 bits per heavy atom. The Balaban J connectivity index is 1.53. The van der Waals surface area contributed by atoms with E-state index >= 15 is 0 Å². The van der Waals surface area contributed by atoms with E-state index in [1.807, 2.05) is 11.0 Å². The number of nitrogens with one attached hydrogen (secondary N) is 1. The quantitative estimate of drug-likeness (QED) is 0.749. The van der Waals surface area contributed by atoms with Crippen molar-refractivity contribution in [3.63, 3.8) is 0 Å². The summed E-state index contributed by atoms with van der Waals surface area (Å²) >= 11 is 0. The molecule has 0 radical (unpaired) electrons. The normalized spacial score (nSPS) is 27.3. The van der Waals surface area contributed by atoms with Crippen molar-refractivity contribution in [2.45, 2.75) is 76.0 Å². The zero-order valence-electron chi connectivity index (χ0n) is 16.6. The first-order valence-corrected chi connectivity index (χ1v) is 10.2. The summed E-state index contributed by atoms with van der Waals surface area (Å²) in [6.45, 7) is 2.32. The summed E-state index contributed by atoms with van der Waals surface area (Å²) in [5.41, 5.74) is 1.10. The molecular formula is C22H32N2O3. The number of carbonyl (C=O) groups excluding carboxylic acids is 2. The lowest BCUT2D eigenvalue weighted by molar-refractivity contribution is -0.138. The number of benzene rings is 1. The molecule has 2 aliphatic rings. The Labute approximate surface area is 162 Å². The first kappa shape index (κ1) is 19.9. The average molecular weight is 373 g/mol. The maximum atomic E-state index is 12.9. The monoisotopic (exact) mass is 372 g/mol. The van der Waals surface area contributed by atoms with Crippen LogP contribution in [0.3, 0.4) is 0 Å². The van der Waals surface area contributed by atoms with Crippen molar-refractivity contribution in [1.82, 2.24) is 10.2 Å². The summed E-state index contributed by atoms with van der Waals surface area (Å²) in [5, 5.41) is 3.03. The smallest absolute Gasteiger partial charge is 0.222 e. The fraction of sp³-hybridized carbons (Fsp3) is 0.636. The van der Waals surface area contributed by atoms with Gasteiger partial charge in [0, 0.05) is 33.0 Å². The molecule has 2 amide bonds. The van der Waals surface area contributed by atoms with Crippen LogP contribution in [0.15, 0.2) is 30.3 Å². The molecule has 0 aromatic heterocycles. The van der Waals surface area contributed by atoms with Gasteiger partial charge in [0.25, 0.3) is 0 Å². The van der Waals surface area contributed by atoms with E-state index in [4.69, 9.17) is 4.74 Å². The third kappa shape index (κ3) is 4.70. The Morgan fingerprint density at radius 1 is 1.22 bits per heavy atom. The number of carbonyl (C=O) groups is 2. The van der Waals surface area contributed by atoms with Gasteiger partial charge < -0.3 is 15.0 Å². The van der Waals surface area contributed by atoms with Crippen LogP contribution in [-0.4, -0.2) is 48.1 Å². The number of aryl methyl sites for hydroxylation is 1. The second kappa shape index (κ2) is 8.87. The number of unbranched alkanes of at least 4 members (excludes halogenated alkanes) is 1. The highest BCUT2D eigenvalue weighted by Crippen LogP contribution is 2.42. The summed E-state index contributed by atoms with van der Waals surface area (Å²) in [5.74, 6) is 0.233. The van der Waals surface area contributed by atoms with Crippen molar-refractivity contribution < 1.29 is 14.3 Å². The Morgan fingerprint density at radius 3 is 2.70 bits per heavy atom. The van der Waals surface area contributed by atoms with Crippen LogP contribution < -0.4 is 5.32 Å². The Kier molecular flexibility index (Phi) is 6.53. The van der Waals surface area contributed by atoms with Crippen LogP contribution in [0.5, 0.6) is 0 Å². The lowest BCUT2D eigenvalue weighted by Crippen LogP contribution is -2.55. The Bertz CT molecular complexity index is 648. The first-order valence-electron chi connectivity index (χ1n) is 10.2. The van der Waals surface area contributed by atoms with Gasteiger partial charge in [0.2, 0.25) is 11.8 Å². The van der Waals surface area contributed by atoms with E-state index in [0.717, 1.165) is 51.5 Å². The van der Waals surface area contributed by atoms with Gasteiger partial charge in [-0.3, -0.25) is 9.59 Å². The van der Waals surface area contributed by atoms with E-state index in [1.165, 1.54) is 5.56 Å². The van der Waals surface area contributed by atoms with Gasteiger partial charge in [-0.2, -0.15) is 0 Å². The van der Waals surface area contributed by atoms with Crippen LogP contribution in [0.4, 0.5) is 0 Å². The number of fused-ring (bicyclic) bond motifs is 1. The lowest BCUT2D eigenvalue weighted by Gasteiger charge is -2.43. The fourth-order valence-corrected chi connectivity index (χ4v) is 4.81. The number of ether oxygens (including phenoxy) is 1. The van der Waals surface area contributed by atoms with Crippen LogP contribution in [0, 0.1) is 0 Å². The maximum absolute atomic E-state index is 12.9. The van der Waals surface area contributed by atoms with Gasteiger partial charge in [-0.05, 0) is 50.5 Å². The van der Waals surface area contributed by atoms with Gasteiger partial charge in [0.15, 0.2) is 0 Å². The number of likely N-dealkylation sites (tertiary alicyclic amines) is 1. The molecule has 2 fully saturated rings. The van der Waals surface area contributed by atoms with Gasteiger partial charge in [-0.1, -0.05) is 30.3 Å². The second-order valence-electron chi connectivity index (χ2n) is 7.99. The second-order valence-corrected chi connectivity index (χ2v) is 7.99.